The monoisotopic (exact) mass is 243 g/mol. The molecule has 94 valence electrons. The first kappa shape index (κ1) is 11.4. The second kappa shape index (κ2) is 4.21. The molecule has 1 saturated carbocycles. The summed E-state index contributed by atoms with van der Waals surface area (Å²) in [6.45, 7) is 3.01. The van der Waals surface area contributed by atoms with E-state index in [-0.39, 0.29) is 12.0 Å². The van der Waals surface area contributed by atoms with Crippen molar-refractivity contribution in [2.45, 2.75) is 31.7 Å². The molecule has 3 rings (SSSR count). The van der Waals surface area contributed by atoms with E-state index in [9.17, 15) is 5.11 Å². The molecular formula is C14H17N3O. The fraction of sp³-hybridized carbons (Fsp3) is 0.429. The van der Waals surface area contributed by atoms with Crippen molar-refractivity contribution in [2.75, 3.05) is 6.61 Å². The van der Waals surface area contributed by atoms with Gasteiger partial charge < -0.3 is 5.11 Å². The first-order valence-corrected chi connectivity index (χ1v) is 6.41. The Kier molecular flexibility index (Phi) is 2.67. The number of aliphatic hydroxyl groups excluding tert-OH is 1. The predicted octanol–water partition coefficient (Wildman–Crippen LogP) is 1.99. The van der Waals surface area contributed by atoms with Gasteiger partial charge in [0.2, 0.25) is 0 Å². The molecule has 1 heterocycles. The van der Waals surface area contributed by atoms with Gasteiger partial charge in [-0.2, -0.15) is 5.10 Å². The van der Waals surface area contributed by atoms with Gasteiger partial charge in [-0.15, -0.1) is 0 Å². The minimum atomic E-state index is -0.129. The third-order valence-electron chi connectivity index (χ3n) is 3.63. The van der Waals surface area contributed by atoms with Crippen LogP contribution in [0.2, 0.25) is 0 Å². The number of rotatable bonds is 4. The van der Waals surface area contributed by atoms with Gasteiger partial charge in [0.25, 0.3) is 0 Å². The standard InChI is InChI=1S/C14H17N3O/c1-2-17-13(14(10-18)8-9-14)15-12(16-17)11-6-4-3-5-7-11/h3-7,18H,2,8-10H2,1H3. The summed E-state index contributed by atoms with van der Waals surface area (Å²) < 4.78 is 1.92. The van der Waals surface area contributed by atoms with Crippen LogP contribution in [-0.2, 0) is 12.0 Å². The average Bonchev–Trinajstić information content (AvgIpc) is 3.11. The lowest BCUT2D eigenvalue weighted by molar-refractivity contribution is 0.245. The van der Waals surface area contributed by atoms with Crippen molar-refractivity contribution in [3.05, 3.63) is 36.2 Å². The van der Waals surface area contributed by atoms with E-state index >= 15 is 0 Å². The van der Waals surface area contributed by atoms with Crippen molar-refractivity contribution in [3.63, 3.8) is 0 Å². The number of aryl methyl sites for hydroxylation is 1. The van der Waals surface area contributed by atoms with Crippen LogP contribution in [0.1, 0.15) is 25.6 Å². The molecule has 1 aromatic heterocycles. The number of nitrogens with zero attached hydrogens (tertiary/aromatic N) is 3. The Morgan fingerprint density at radius 1 is 1.28 bits per heavy atom. The van der Waals surface area contributed by atoms with Crippen LogP contribution in [0.4, 0.5) is 0 Å². The molecule has 1 fully saturated rings. The number of aromatic nitrogens is 3. The van der Waals surface area contributed by atoms with Gasteiger partial charge in [0, 0.05) is 12.1 Å². The Balaban J connectivity index is 2.04. The van der Waals surface area contributed by atoms with Crippen molar-refractivity contribution in [1.29, 1.82) is 0 Å². The van der Waals surface area contributed by atoms with Crippen LogP contribution < -0.4 is 0 Å². The number of hydrogen-bond acceptors (Lipinski definition) is 3. The van der Waals surface area contributed by atoms with Gasteiger partial charge in [-0.3, -0.25) is 0 Å². The molecule has 0 atom stereocenters. The lowest BCUT2D eigenvalue weighted by Crippen LogP contribution is -2.19. The van der Waals surface area contributed by atoms with Crippen molar-refractivity contribution in [1.82, 2.24) is 14.8 Å². The molecule has 1 aliphatic rings. The zero-order valence-electron chi connectivity index (χ0n) is 10.5. The topological polar surface area (TPSA) is 50.9 Å². The van der Waals surface area contributed by atoms with Crippen LogP contribution >= 0.6 is 0 Å². The van der Waals surface area contributed by atoms with Gasteiger partial charge in [0.15, 0.2) is 5.82 Å². The van der Waals surface area contributed by atoms with E-state index in [1.54, 1.807) is 0 Å². The summed E-state index contributed by atoms with van der Waals surface area (Å²) in [5.41, 5.74) is 0.899. The highest BCUT2D eigenvalue weighted by Crippen LogP contribution is 2.47. The molecule has 0 saturated heterocycles. The summed E-state index contributed by atoms with van der Waals surface area (Å²) in [4.78, 5) is 4.65. The predicted molar refractivity (Wildman–Crippen MR) is 69.1 cm³/mol. The highest BCUT2D eigenvalue weighted by molar-refractivity contribution is 5.54. The van der Waals surface area contributed by atoms with E-state index in [1.165, 1.54) is 0 Å². The van der Waals surface area contributed by atoms with Crippen LogP contribution in [0.25, 0.3) is 11.4 Å². The quantitative estimate of drug-likeness (QED) is 0.893. The van der Waals surface area contributed by atoms with E-state index in [2.05, 4.69) is 17.0 Å². The number of benzene rings is 1. The first-order valence-electron chi connectivity index (χ1n) is 6.41. The highest BCUT2D eigenvalue weighted by atomic mass is 16.3. The maximum atomic E-state index is 9.53. The third-order valence-corrected chi connectivity index (χ3v) is 3.63. The SMILES string of the molecule is CCn1nc(-c2ccccc2)nc1C1(CO)CC1. The second-order valence-electron chi connectivity index (χ2n) is 4.88. The molecule has 0 aliphatic heterocycles. The summed E-state index contributed by atoms with van der Waals surface area (Å²) in [5, 5.41) is 14.1. The summed E-state index contributed by atoms with van der Waals surface area (Å²) in [5.74, 6) is 1.69. The molecule has 0 unspecified atom stereocenters. The Morgan fingerprint density at radius 2 is 2.00 bits per heavy atom. The van der Waals surface area contributed by atoms with Gasteiger partial charge in [0.1, 0.15) is 5.82 Å². The fourth-order valence-corrected chi connectivity index (χ4v) is 2.27. The average molecular weight is 243 g/mol. The minimum absolute atomic E-state index is 0.129. The van der Waals surface area contributed by atoms with Gasteiger partial charge in [-0.1, -0.05) is 30.3 Å². The Morgan fingerprint density at radius 3 is 2.56 bits per heavy atom. The fourth-order valence-electron chi connectivity index (χ4n) is 2.27. The molecular weight excluding hydrogens is 226 g/mol. The Labute approximate surface area is 106 Å². The maximum absolute atomic E-state index is 9.53. The normalized spacial score (nSPS) is 16.8. The van der Waals surface area contributed by atoms with Crippen molar-refractivity contribution in [2.24, 2.45) is 0 Å². The van der Waals surface area contributed by atoms with Crippen LogP contribution in [0, 0.1) is 0 Å². The molecule has 2 aromatic rings. The van der Waals surface area contributed by atoms with E-state index in [0.29, 0.717) is 0 Å². The molecule has 0 radical (unpaired) electrons. The smallest absolute Gasteiger partial charge is 0.181 e. The van der Waals surface area contributed by atoms with E-state index in [4.69, 9.17) is 0 Å². The van der Waals surface area contributed by atoms with E-state index < -0.39 is 0 Å². The van der Waals surface area contributed by atoms with Gasteiger partial charge in [-0.25, -0.2) is 9.67 Å². The van der Waals surface area contributed by atoms with Gasteiger partial charge >= 0.3 is 0 Å². The summed E-state index contributed by atoms with van der Waals surface area (Å²) in [6.07, 6.45) is 2.02. The van der Waals surface area contributed by atoms with Crippen LogP contribution in [0.5, 0.6) is 0 Å². The van der Waals surface area contributed by atoms with Crippen molar-refractivity contribution in [3.8, 4) is 11.4 Å². The number of aliphatic hydroxyl groups is 1. The van der Waals surface area contributed by atoms with Crippen molar-refractivity contribution < 1.29 is 5.11 Å². The third kappa shape index (κ3) is 1.73. The molecule has 0 spiro atoms. The van der Waals surface area contributed by atoms with Gasteiger partial charge in [-0.05, 0) is 19.8 Å². The molecule has 18 heavy (non-hydrogen) atoms. The number of hydrogen-bond donors (Lipinski definition) is 1. The molecule has 4 heteroatoms. The van der Waals surface area contributed by atoms with E-state index in [1.807, 2.05) is 35.0 Å². The van der Waals surface area contributed by atoms with Crippen molar-refractivity contribution >= 4 is 0 Å². The van der Waals surface area contributed by atoms with Gasteiger partial charge in [0.05, 0.1) is 12.0 Å². The lowest BCUT2D eigenvalue weighted by Gasteiger charge is -2.10. The molecule has 0 amide bonds. The van der Waals surface area contributed by atoms with Crippen LogP contribution in [0.3, 0.4) is 0 Å². The summed E-state index contributed by atoms with van der Waals surface area (Å²) in [7, 11) is 0. The highest BCUT2D eigenvalue weighted by Gasteiger charge is 2.48. The van der Waals surface area contributed by atoms with Crippen LogP contribution in [-0.4, -0.2) is 26.5 Å². The first-order chi connectivity index (χ1) is 8.79. The molecule has 4 nitrogen and oxygen atoms in total. The zero-order chi connectivity index (χ0) is 12.6. The molecule has 1 aliphatic carbocycles. The minimum Gasteiger partial charge on any atom is -0.395 e. The zero-order valence-corrected chi connectivity index (χ0v) is 10.5. The van der Waals surface area contributed by atoms with Crippen LogP contribution in [0.15, 0.2) is 30.3 Å². The second-order valence-corrected chi connectivity index (χ2v) is 4.88. The lowest BCUT2D eigenvalue weighted by atomic mass is 10.1. The maximum Gasteiger partial charge on any atom is 0.181 e. The largest absolute Gasteiger partial charge is 0.395 e. The summed E-state index contributed by atoms with van der Waals surface area (Å²) >= 11 is 0. The van der Waals surface area contributed by atoms with E-state index in [0.717, 1.165) is 36.6 Å². The molecule has 1 N–H and O–H groups in total. The molecule has 1 aromatic carbocycles. The Hall–Kier alpha value is -1.68. The Bertz CT molecular complexity index is 543. The summed E-state index contributed by atoms with van der Waals surface area (Å²) in [6, 6.07) is 9.98. The molecule has 0 bridgehead atoms.